The molecule has 2 aromatic carbocycles. The molecule has 8 heteroatoms. The molecule has 1 aliphatic rings. The Morgan fingerprint density at radius 1 is 1.11 bits per heavy atom. The van der Waals surface area contributed by atoms with Gasteiger partial charge >= 0.3 is 0 Å². The summed E-state index contributed by atoms with van der Waals surface area (Å²) in [5, 5.41) is 3.64. The standard InChI is InChI=1S/C19H18Cl2N2O4/c1-26-16-9-14(17(27-2)8-13(16)21)22-19(25)11-7-18(24)23(10-11)15-6-4-3-5-12(15)20/h3-6,8-9,11H,7,10H2,1-2H3,(H,22,25). The zero-order valence-corrected chi connectivity index (χ0v) is 16.3. The number of para-hydroxylation sites is 1. The van der Waals surface area contributed by atoms with Crippen molar-refractivity contribution < 1.29 is 19.1 Å². The average Bonchev–Trinajstić information content (AvgIpc) is 3.04. The molecular weight excluding hydrogens is 391 g/mol. The average molecular weight is 409 g/mol. The summed E-state index contributed by atoms with van der Waals surface area (Å²) in [6.45, 7) is 0.251. The van der Waals surface area contributed by atoms with Crippen molar-refractivity contribution in [3.05, 3.63) is 46.4 Å². The maximum atomic E-state index is 12.7. The van der Waals surface area contributed by atoms with Crippen molar-refractivity contribution in [3.63, 3.8) is 0 Å². The summed E-state index contributed by atoms with van der Waals surface area (Å²) in [5.41, 5.74) is 1.03. The fourth-order valence-electron chi connectivity index (χ4n) is 2.98. The Bertz CT molecular complexity index is 888. The molecule has 1 N–H and O–H groups in total. The highest BCUT2D eigenvalue weighted by Gasteiger charge is 2.36. The van der Waals surface area contributed by atoms with E-state index in [4.69, 9.17) is 32.7 Å². The molecule has 1 fully saturated rings. The third-order valence-electron chi connectivity index (χ3n) is 4.37. The van der Waals surface area contributed by atoms with Gasteiger partial charge in [-0.25, -0.2) is 0 Å². The number of halogens is 2. The molecule has 1 aliphatic heterocycles. The monoisotopic (exact) mass is 408 g/mol. The lowest BCUT2D eigenvalue weighted by molar-refractivity contribution is -0.122. The van der Waals surface area contributed by atoms with Crippen LogP contribution in [0.1, 0.15) is 6.42 Å². The van der Waals surface area contributed by atoms with Crippen LogP contribution in [0.3, 0.4) is 0 Å². The summed E-state index contributed by atoms with van der Waals surface area (Å²) in [7, 11) is 2.96. The van der Waals surface area contributed by atoms with E-state index in [0.29, 0.717) is 32.9 Å². The first-order valence-corrected chi connectivity index (χ1v) is 8.97. The quantitative estimate of drug-likeness (QED) is 0.811. The number of amides is 2. The third kappa shape index (κ3) is 3.96. The van der Waals surface area contributed by atoms with E-state index in [1.54, 1.807) is 36.4 Å². The normalized spacial score (nSPS) is 16.4. The summed E-state index contributed by atoms with van der Waals surface area (Å²) in [5.74, 6) is -0.140. The minimum Gasteiger partial charge on any atom is -0.495 e. The lowest BCUT2D eigenvalue weighted by atomic mass is 10.1. The van der Waals surface area contributed by atoms with Crippen molar-refractivity contribution in [2.45, 2.75) is 6.42 Å². The van der Waals surface area contributed by atoms with E-state index in [2.05, 4.69) is 5.32 Å². The van der Waals surface area contributed by atoms with Crippen LogP contribution in [0.25, 0.3) is 0 Å². The zero-order chi connectivity index (χ0) is 19.6. The van der Waals surface area contributed by atoms with Crippen LogP contribution in [0.4, 0.5) is 11.4 Å². The summed E-state index contributed by atoms with van der Waals surface area (Å²) in [6.07, 6.45) is 0.101. The van der Waals surface area contributed by atoms with Crippen LogP contribution in [-0.4, -0.2) is 32.6 Å². The molecular formula is C19H18Cl2N2O4. The van der Waals surface area contributed by atoms with Crippen LogP contribution in [0.2, 0.25) is 10.0 Å². The van der Waals surface area contributed by atoms with E-state index in [1.807, 2.05) is 0 Å². The molecule has 0 bridgehead atoms. The number of anilines is 2. The van der Waals surface area contributed by atoms with Crippen LogP contribution in [0.5, 0.6) is 11.5 Å². The lowest BCUT2D eigenvalue weighted by Gasteiger charge is -2.18. The molecule has 142 valence electrons. The van der Waals surface area contributed by atoms with Crippen LogP contribution >= 0.6 is 23.2 Å². The molecule has 2 aromatic rings. The number of carbonyl (C=O) groups excluding carboxylic acids is 2. The predicted octanol–water partition coefficient (Wildman–Crippen LogP) is 4.00. The van der Waals surface area contributed by atoms with Crippen molar-refractivity contribution in [2.24, 2.45) is 5.92 Å². The highest BCUT2D eigenvalue weighted by Crippen LogP contribution is 2.37. The molecule has 1 heterocycles. The van der Waals surface area contributed by atoms with Gasteiger partial charge in [0.05, 0.1) is 41.6 Å². The Morgan fingerprint density at radius 2 is 1.81 bits per heavy atom. The van der Waals surface area contributed by atoms with Gasteiger partial charge in [-0.1, -0.05) is 35.3 Å². The Hall–Kier alpha value is -2.44. The number of nitrogens with one attached hydrogen (secondary N) is 1. The van der Waals surface area contributed by atoms with Crippen molar-refractivity contribution in [3.8, 4) is 11.5 Å². The van der Waals surface area contributed by atoms with Gasteiger partial charge in [-0.2, -0.15) is 0 Å². The highest BCUT2D eigenvalue weighted by atomic mass is 35.5. The summed E-state index contributed by atoms with van der Waals surface area (Å²) >= 11 is 12.3. The number of ether oxygens (including phenoxy) is 2. The van der Waals surface area contributed by atoms with E-state index in [0.717, 1.165) is 0 Å². The minimum atomic E-state index is -0.514. The number of benzene rings is 2. The summed E-state index contributed by atoms with van der Waals surface area (Å²) < 4.78 is 10.4. The number of carbonyl (C=O) groups is 2. The van der Waals surface area contributed by atoms with Gasteiger partial charge in [0.15, 0.2) is 0 Å². The van der Waals surface area contributed by atoms with Crippen molar-refractivity contribution in [2.75, 3.05) is 31.0 Å². The van der Waals surface area contributed by atoms with Gasteiger partial charge in [0.25, 0.3) is 0 Å². The topological polar surface area (TPSA) is 67.9 Å². The van der Waals surface area contributed by atoms with E-state index >= 15 is 0 Å². The molecule has 0 spiro atoms. The molecule has 1 atom stereocenters. The largest absolute Gasteiger partial charge is 0.495 e. The summed E-state index contributed by atoms with van der Waals surface area (Å²) in [6, 6.07) is 10.2. The van der Waals surface area contributed by atoms with E-state index < -0.39 is 5.92 Å². The molecule has 2 amide bonds. The van der Waals surface area contributed by atoms with Gasteiger partial charge in [-0.05, 0) is 12.1 Å². The van der Waals surface area contributed by atoms with Gasteiger partial charge < -0.3 is 19.7 Å². The molecule has 0 saturated carbocycles. The fourth-order valence-corrected chi connectivity index (χ4v) is 3.45. The number of methoxy groups -OCH3 is 2. The van der Waals surface area contributed by atoms with Gasteiger partial charge in [0.1, 0.15) is 11.5 Å². The first-order chi connectivity index (χ1) is 12.9. The molecule has 0 aromatic heterocycles. The SMILES string of the molecule is COc1cc(NC(=O)C2CC(=O)N(c3ccccc3Cl)C2)c(OC)cc1Cl. The molecule has 27 heavy (non-hydrogen) atoms. The minimum absolute atomic E-state index is 0.101. The number of hydrogen-bond acceptors (Lipinski definition) is 4. The van der Waals surface area contributed by atoms with Gasteiger partial charge in [0, 0.05) is 25.1 Å². The van der Waals surface area contributed by atoms with Crippen LogP contribution in [-0.2, 0) is 9.59 Å². The predicted molar refractivity (Wildman–Crippen MR) is 105 cm³/mol. The maximum absolute atomic E-state index is 12.7. The fraction of sp³-hybridized carbons (Fsp3) is 0.263. The van der Waals surface area contributed by atoms with Gasteiger partial charge in [0.2, 0.25) is 11.8 Å². The van der Waals surface area contributed by atoms with Crippen LogP contribution in [0, 0.1) is 5.92 Å². The second kappa shape index (κ2) is 8.06. The summed E-state index contributed by atoms with van der Waals surface area (Å²) in [4.78, 5) is 26.6. The van der Waals surface area contributed by atoms with Crippen LogP contribution < -0.4 is 19.7 Å². The van der Waals surface area contributed by atoms with E-state index in [9.17, 15) is 9.59 Å². The number of nitrogens with zero attached hydrogens (tertiary/aromatic N) is 1. The second-order valence-electron chi connectivity index (χ2n) is 6.03. The van der Waals surface area contributed by atoms with E-state index in [1.165, 1.54) is 19.1 Å². The van der Waals surface area contributed by atoms with Crippen molar-refractivity contribution in [1.29, 1.82) is 0 Å². The molecule has 1 unspecified atom stereocenters. The highest BCUT2D eigenvalue weighted by molar-refractivity contribution is 6.34. The Labute approximate surface area is 167 Å². The maximum Gasteiger partial charge on any atom is 0.229 e. The zero-order valence-electron chi connectivity index (χ0n) is 14.8. The molecule has 3 rings (SSSR count). The number of hydrogen-bond donors (Lipinski definition) is 1. The van der Waals surface area contributed by atoms with Gasteiger partial charge in [-0.15, -0.1) is 0 Å². The smallest absolute Gasteiger partial charge is 0.229 e. The van der Waals surface area contributed by atoms with Gasteiger partial charge in [-0.3, -0.25) is 9.59 Å². The molecule has 0 aliphatic carbocycles. The number of rotatable bonds is 5. The Balaban J connectivity index is 1.78. The molecule has 1 saturated heterocycles. The Kier molecular flexibility index (Phi) is 5.77. The molecule has 0 radical (unpaired) electrons. The van der Waals surface area contributed by atoms with E-state index in [-0.39, 0.29) is 24.8 Å². The van der Waals surface area contributed by atoms with Crippen LogP contribution in [0.15, 0.2) is 36.4 Å². The first-order valence-electron chi connectivity index (χ1n) is 8.22. The third-order valence-corrected chi connectivity index (χ3v) is 4.99. The second-order valence-corrected chi connectivity index (χ2v) is 6.85. The lowest BCUT2D eigenvalue weighted by Crippen LogP contribution is -2.28. The first kappa shape index (κ1) is 19.3. The molecule has 6 nitrogen and oxygen atoms in total. The Morgan fingerprint density at radius 3 is 2.48 bits per heavy atom. The van der Waals surface area contributed by atoms with Crippen molar-refractivity contribution >= 4 is 46.4 Å². The van der Waals surface area contributed by atoms with Crippen molar-refractivity contribution in [1.82, 2.24) is 0 Å².